The maximum absolute atomic E-state index is 5.93. The van der Waals surface area contributed by atoms with Gasteiger partial charge in [0.25, 0.3) is 0 Å². The molecule has 1 atom stereocenters. The fourth-order valence-corrected chi connectivity index (χ4v) is 3.16. The van der Waals surface area contributed by atoms with E-state index in [2.05, 4.69) is 34.0 Å². The van der Waals surface area contributed by atoms with E-state index in [1.807, 2.05) is 29.8 Å². The van der Waals surface area contributed by atoms with Crippen molar-refractivity contribution >= 4 is 17.0 Å². The normalized spacial score (nSPS) is 18.7. The number of para-hydroxylation sites is 2. The molecular formula is C17H21N5O. The van der Waals surface area contributed by atoms with Crippen molar-refractivity contribution in [1.29, 1.82) is 0 Å². The molecule has 0 aliphatic carbocycles. The summed E-state index contributed by atoms with van der Waals surface area (Å²) in [6, 6.07) is 10.2. The van der Waals surface area contributed by atoms with E-state index in [0.717, 1.165) is 42.3 Å². The van der Waals surface area contributed by atoms with Crippen molar-refractivity contribution in [1.82, 2.24) is 19.7 Å². The van der Waals surface area contributed by atoms with E-state index in [-0.39, 0.29) is 6.10 Å². The standard InChI is InChI=1S/C17H21N5O/c1-12-9-13(2)22(20-12)11-14-10-21(7-8-23-14)17-18-15-5-3-4-6-16(15)19-17/h3-6,9,14H,7-8,10-11H2,1-2H3,(H,18,19). The summed E-state index contributed by atoms with van der Waals surface area (Å²) < 4.78 is 7.96. The number of hydrogen-bond donors (Lipinski definition) is 1. The molecule has 1 N–H and O–H groups in total. The van der Waals surface area contributed by atoms with Crippen LogP contribution in [0.4, 0.5) is 5.95 Å². The second-order valence-corrected chi connectivity index (χ2v) is 6.13. The Kier molecular flexibility index (Phi) is 3.53. The zero-order chi connectivity index (χ0) is 15.8. The summed E-state index contributed by atoms with van der Waals surface area (Å²) in [5.41, 5.74) is 4.30. The summed E-state index contributed by atoms with van der Waals surface area (Å²) in [6.07, 6.45) is 0.120. The van der Waals surface area contributed by atoms with Crippen LogP contribution in [0, 0.1) is 13.8 Å². The van der Waals surface area contributed by atoms with Gasteiger partial charge in [-0.3, -0.25) is 4.68 Å². The number of fused-ring (bicyclic) bond motifs is 1. The zero-order valence-electron chi connectivity index (χ0n) is 13.5. The van der Waals surface area contributed by atoms with Gasteiger partial charge >= 0.3 is 0 Å². The number of ether oxygens (including phenoxy) is 1. The molecule has 1 aromatic carbocycles. The summed E-state index contributed by atoms with van der Waals surface area (Å²) >= 11 is 0. The first kappa shape index (κ1) is 14.3. The minimum absolute atomic E-state index is 0.120. The van der Waals surface area contributed by atoms with Gasteiger partial charge in [0.15, 0.2) is 0 Å². The van der Waals surface area contributed by atoms with Gasteiger partial charge in [-0.25, -0.2) is 4.98 Å². The summed E-state index contributed by atoms with van der Waals surface area (Å²) in [5.74, 6) is 0.924. The van der Waals surface area contributed by atoms with E-state index in [0.29, 0.717) is 6.61 Å². The molecule has 6 heteroatoms. The van der Waals surface area contributed by atoms with Crippen molar-refractivity contribution in [2.45, 2.75) is 26.5 Å². The molecule has 3 aromatic rings. The van der Waals surface area contributed by atoms with Gasteiger partial charge in [-0.2, -0.15) is 5.10 Å². The summed E-state index contributed by atoms with van der Waals surface area (Å²) in [6.45, 7) is 7.26. The fraction of sp³-hybridized carbons (Fsp3) is 0.412. The molecule has 120 valence electrons. The Bertz CT molecular complexity index is 788. The van der Waals surface area contributed by atoms with Crippen LogP contribution in [0.1, 0.15) is 11.4 Å². The highest BCUT2D eigenvalue weighted by atomic mass is 16.5. The van der Waals surface area contributed by atoms with Crippen molar-refractivity contribution in [2.24, 2.45) is 0 Å². The number of morpholine rings is 1. The maximum atomic E-state index is 5.93. The minimum atomic E-state index is 0.120. The van der Waals surface area contributed by atoms with Gasteiger partial charge in [0.1, 0.15) is 0 Å². The average molecular weight is 311 g/mol. The number of hydrogen-bond acceptors (Lipinski definition) is 4. The number of benzene rings is 1. The van der Waals surface area contributed by atoms with E-state index >= 15 is 0 Å². The largest absolute Gasteiger partial charge is 0.373 e. The number of aryl methyl sites for hydroxylation is 2. The Morgan fingerprint density at radius 3 is 2.96 bits per heavy atom. The van der Waals surface area contributed by atoms with Crippen LogP contribution in [-0.2, 0) is 11.3 Å². The highest BCUT2D eigenvalue weighted by Gasteiger charge is 2.23. The first-order chi connectivity index (χ1) is 11.2. The smallest absolute Gasteiger partial charge is 0.204 e. The first-order valence-electron chi connectivity index (χ1n) is 8.01. The highest BCUT2D eigenvalue weighted by molar-refractivity contribution is 5.77. The van der Waals surface area contributed by atoms with Crippen LogP contribution in [0.25, 0.3) is 11.0 Å². The summed E-state index contributed by atoms with van der Waals surface area (Å²) in [7, 11) is 0. The quantitative estimate of drug-likeness (QED) is 0.806. The molecule has 2 aromatic heterocycles. The van der Waals surface area contributed by atoms with Gasteiger partial charge in [0, 0.05) is 18.8 Å². The highest BCUT2D eigenvalue weighted by Crippen LogP contribution is 2.20. The monoisotopic (exact) mass is 311 g/mol. The molecule has 0 spiro atoms. The second kappa shape index (κ2) is 5.70. The fourth-order valence-electron chi connectivity index (χ4n) is 3.16. The number of rotatable bonds is 3. The topological polar surface area (TPSA) is 59.0 Å². The molecule has 1 fully saturated rings. The van der Waals surface area contributed by atoms with Crippen molar-refractivity contribution in [3.05, 3.63) is 41.7 Å². The van der Waals surface area contributed by atoms with Gasteiger partial charge in [-0.1, -0.05) is 12.1 Å². The van der Waals surface area contributed by atoms with Crippen LogP contribution in [0.5, 0.6) is 0 Å². The minimum Gasteiger partial charge on any atom is -0.373 e. The van der Waals surface area contributed by atoms with Gasteiger partial charge in [-0.15, -0.1) is 0 Å². The molecule has 3 heterocycles. The van der Waals surface area contributed by atoms with Crippen LogP contribution in [0.2, 0.25) is 0 Å². The van der Waals surface area contributed by atoms with Crippen molar-refractivity contribution < 1.29 is 4.74 Å². The molecule has 1 aliphatic rings. The lowest BCUT2D eigenvalue weighted by atomic mass is 10.2. The lowest BCUT2D eigenvalue weighted by Gasteiger charge is -2.32. The lowest BCUT2D eigenvalue weighted by Crippen LogP contribution is -2.45. The predicted octanol–water partition coefficient (Wildman–Crippen LogP) is 2.28. The van der Waals surface area contributed by atoms with Crippen LogP contribution in [0.3, 0.4) is 0 Å². The lowest BCUT2D eigenvalue weighted by molar-refractivity contribution is 0.0265. The molecular weight excluding hydrogens is 290 g/mol. The maximum Gasteiger partial charge on any atom is 0.204 e. The number of anilines is 1. The first-order valence-corrected chi connectivity index (χ1v) is 8.01. The summed E-state index contributed by atoms with van der Waals surface area (Å²) in [4.78, 5) is 10.4. The molecule has 6 nitrogen and oxygen atoms in total. The number of imidazole rings is 1. The van der Waals surface area contributed by atoms with E-state index in [1.54, 1.807) is 0 Å². The zero-order valence-corrected chi connectivity index (χ0v) is 13.5. The molecule has 4 rings (SSSR count). The SMILES string of the molecule is Cc1cc(C)n(CC2CN(c3nc4ccccc4[nH]3)CCO2)n1. The Balaban J connectivity index is 1.51. The molecule has 1 unspecified atom stereocenters. The number of aromatic amines is 1. The Morgan fingerprint density at radius 1 is 1.30 bits per heavy atom. The molecule has 0 radical (unpaired) electrons. The third-order valence-electron chi connectivity index (χ3n) is 4.30. The van der Waals surface area contributed by atoms with Gasteiger partial charge in [-0.05, 0) is 32.0 Å². The molecule has 0 amide bonds. The molecule has 0 bridgehead atoms. The molecule has 1 saturated heterocycles. The van der Waals surface area contributed by atoms with Crippen LogP contribution >= 0.6 is 0 Å². The number of nitrogens with one attached hydrogen (secondary N) is 1. The third-order valence-corrected chi connectivity index (χ3v) is 4.30. The third kappa shape index (κ3) is 2.82. The van der Waals surface area contributed by atoms with Gasteiger partial charge in [0.05, 0.1) is 36.0 Å². The van der Waals surface area contributed by atoms with E-state index < -0.39 is 0 Å². The molecule has 1 aliphatic heterocycles. The Hall–Kier alpha value is -2.34. The van der Waals surface area contributed by atoms with Gasteiger partial charge in [0.2, 0.25) is 5.95 Å². The van der Waals surface area contributed by atoms with Crippen molar-refractivity contribution in [3.63, 3.8) is 0 Å². The predicted molar refractivity (Wildman–Crippen MR) is 89.7 cm³/mol. The van der Waals surface area contributed by atoms with Crippen LogP contribution < -0.4 is 4.90 Å². The number of H-pyrrole nitrogens is 1. The van der Waals surface area contributed by atoms with E-state index in [4.69, 9.17) is 9.72 Å². The van der Waals surface area contributed by atoms with Crippen molar-refractivity contribution in [2.75, 3.05) is 24.6 Å². The molecule has 23 heavy (non-hydrogen) atoms. The Labute approximate surface area is 135 Å². The Morgan fingerprint density at radius 2 is 2.17 bits per heavy atom. The number of nitrogens with zero attached hydrogens (tertiary/aromatic N) is 4. The van der Waals surface area contributed by atoms with E-state index in [9.17, 15) is 0 Å². The van der Waals surface area contributed by atoms with Crippen molar-refractivity contribution in [3.8, 4) is 0 Å². The molecule has 0 saturated carbocycles. The average Bonchev–Trinajstić information content (AvgIpc) is 3.11. The van der Waals surface area contributed by atoms with Crippen LogP contribution in [0.15, 0.2) is 30.3 Å². The number of aromatic nitrogens is 4. The van der Waals surface area contributed by atoms with Crippen LogP contribution in [-0.4, -0.2) is 45.5 Å². The van der Waals surface area contributed by atoms with Gasteiger partial charge < -0.3 is 14.6 Å². The second-order valence-electron chi connectivity index (χ2n) is 6.13. The summed E-state index contributed by atoms with van der Waals surface area (Å²) in [5, 5.41) is 4.53. The van der Waals surface area contributed by atoms with E-state index in [1.165, 1.54) is 5.69 Å².